The summed E-state index contributed by atoms with van der Waals surface area (Å²) in [4.78, 5) is 19.0. The van der Waals surface area contributed by atoms with Crippen molar-refractivity contribution in [1.82, 2.24) is 14.5 Å². The molecule has 0 aliphatic carbocycles. The maximum Gasteiger partial charge on any atom is 0.264 e. The normalized spacial score (nSPS) is 11.3. The van der Waals surface area contributed by atoms with Crippen LogP contribution < -0.4 is 5.56 Å². The minimum Gasteiger partial charge on any atom is -0.299 e. The molecule has 0 bridgehead atoms. The number of aromatic amines is 1. The lowest BCUT2D eigenvalue weighted by atomic mass is 10.1. The zero-order chi connectivity index (χ0) is 19.0. The Morgan fingerprint density at radius 3 is 2.65 bits per heavy atom. The first-order valence-electron chi connectivity index (χ1n) is 7.35. The summed E-state index contributed by atoms with van der Waals surface area (Å²) in [6.07, 6.45) is -1.35. The zero-order valence-electron chi connectivity index (χ0n) is 13.1. The summed E-state index contributed by atoms with van der Waals surface area (Å²) >= 11 is 17.1. The number of pyridine rings is 1. The molecule has 0 spiro atoms. The predicted octanol–water partition coefficient (Wildman–Crippen LogP) is 5.55. The van der Waals surface area contributed by atoms with Gasteiger partial charge in [0.25, 0.3) is 12.0 Å². The third-order valence-electron chi connectivity index (χ3n) is 3.74. The van der Waals surface area contributed by atoms with Gasteiger partial charge in [-0.15, -0.1) is 6.58 Å². The third-order valence-corrected chi connectivity index (χ3v) is 4.80. The second-order valence-corrected chi connectivity index (χ2v) is 6.58. The van der Waals surface area contributed by atoms with Crippen molar-refractivity contribution in [3.63, 3.8) is 0 Å². The van der Waals surface area contributed by atoms with Crippen LogP contribution in [0.4, 0.5) is 8.78 Å². The van der Waals surface area contributed by atoms with Crippen molar-refractivity contribution in [1.29, 1.82) is 0 Å². The maximum absolute atomic E-state index is 13.7. The van der Waals surface area contributed by atoms with E-state index in [0.29, 0.717) is 10.6 Å². The smallest absolute Gasteiger partial charge is 0.264 e. The monoisotopic (exact) mass is 413 g/mol. The lowest BCUT2D eigenvalue weighted by molar-refractivity contribution is 0.153. The van der Waals surface area contributed by atoms with Crippen LogP contribution in [0.5, 0.6) is 0 Å². The van der Waals surface area contributed by atoms with E-state index in [9.17, 15) is 13.6 Å². The molecule has 0 atom stereocenters. The van der Waals surface area contributed by atoms with E-state index >= 15 is 0 Å². The first-order chi connectivity index (χ1) is 12.3. The van der Waals surface area contributed by atoms with Gasteiger partial charge in [-0.3, -0.25) is 14.3 Å². The van der Waals surface area contributed by atoms with E-state index < -0.39 is 17.5 Å². The van der Waals surface area contributed by atoms with Crippen molar-refractivity contribution >= 4 is 46.5 Å². The van der Waals surface area contributed by atoms with E-state index in [1.165, 1.54) is 22.8 Å². The fraction of sp³-hybridized carbons (Fsp3) is 0.118. The van der Waals surface area contributed by atoms with Crippen LogP contribution in [-0.4, -0.2) is 14.5 Å². The van der Waals surface area contributed by atoms with Gasteiger partial charge in [-0.1, -0.05) is 35.3 Å². The van der Waals surface area contributed by atoms with Crippen LogP contribution >= 0.6 is 35.4 Å². The van der Waals surface area contributed by atoms with E-state index in [1.54, 1.807) is 12.1 Å². The largest absolute Gasteiger partial charge is 0.299 e. The quantitative estimate of drug-likeness (QED) is 0.450. The molecule has 0 radical (unpaired) electrons. The van der Waals surface area contributed by atoms with Gasteiger partial charge in [-0.05, 0) is 30.4 Å². The molecule has 0 saturated carbocycles. The highest BCUT2D eigenvalue weighted by atomic mass is 35.5. The summed E-state index contributed by atoms with van der Waals surface area (Å²) in [5.41, 5.74) is -0.389. The van der Waals surface area contributed by atoms with Crippen molar-refractivity contribution in [2.75, 3.05) is 0 Å². The number of alkyl halides is 2. The second kappa shape index (κ2) is 7.26. The molecule has 9 heteroatoms. The van der Waals surface area contributed by atoms with E-state index in [0.717, 1.165) is 0 Å². The molecule has 3 rings (SSSR count). The Bertz CT molecular complexity index is 1140. The molecule has 1 aromatic carbocycles. The molecular weight excluding hydrogens is 403 g/mol. The Morgan fingerprint density at radius 1 is 1.31 bits per heavy atom. The van der Waals surface area contributed by atoms with Gasteiger partial charge in [0, 0.05) is 17.7 Å². The summed E-state index contributed by atoms with van der Waals surface area (Å²) in [5.74, 6) is 0. The molecule has 0 aliphatic rings. The van der Waals surface area contributed by atoms with Gasteiger partial charge in [0.1, 0.15) is 5.65 Å². The SMILES string of the molecule is C=CCn1c(=S)[nH]c(=O)c2c(C(F)F)cc(-c3ccc(Cl)c(Cl)c3)nc21. The Labute approximate surface area is 161 Å². The molecule has 1 N–H and O–H groups in total. The standard InChI is InChI=1S/C17H11Cl2F2N3OS/c1-2-5-24-15-13(16(25)23-17(24)26)9(14(20)21)7-12(22-15)8-3-4-10(18)11(19)6-8/h2-4,6-7,14H,1,5H2,(H,23,25,26). The molecule has 134 valence electrons. The van der Waals surface area contributed by atoms with Crippen LogP contribution in [0.25, 0.3) is 22.3 Å². The van der Waals surface area contributed by atoms with Gasteiger partial charge in [-0.25, -0.2) is 13.8 Å². The van der Waals surface area contributed by atoms with Crippen molar-refractivity contribution < 1.29 is 8.78 Å². The molecule has 3 aromatic rings. The number of benzene rings is 1. The summed E-state index contributed by atoms with van der Waals surface area (Å²) in [6.45, 7) is 3.82. The number of rotatable bonds is 4. The lowest BCUT2D eigenvalue weighted by Gasteiger charge is -2.13. The number of nitrogens with zero attached hydrogens (tertiary/aromatic N) is 2. The van der Waals surface area contributed by atoms with Crippen LogP contribution in [0.15, 0.2) is 41.7 Å². The molecule has 0 unspecified atom stereocenters. The van der Waals surface area contributed by atoms with Crippen LogP contribution in [0, 0.1) is 4.77 Å². The number of H-pyrrole nitrogens is 1. The molecular formula is C17H11Cl2F2N3OS. The second-order valence-electron chi connectivity index (χ2n) is 5.38. The number of hydrogen-bond donors (Lipinski definition) is 1. The van der Waals surface area contributed by atoms with E-state index in [1.807, 2.05) is 0 Å². The first kappa shape index (κ1) is 18.7. The molecule has 0 aliphatic heterocycles. The number of fused-ring (bicyclic) bond motifs is 1. The molecule has 2 heterocycles. The van der Waals surface area contributed by atoms with Gasteiger partial charge < -0.3 is 0 Å². The van der Waals surface area contributed by atoms with E-state index in [2.05, 4.69) is 16.5 Å². The highest BCUT2D eigenvalue weighted by Gasteiger charge is 2.20. The summed E-state index contributed by atoms with van der Waals surface area (Å²) in [7, 11) is 0. The molecule has 0 fully saturated rings. The Morgan fingerprint density at radius 2 is 2.04 bits per heavy atom. The van der Waals surface area contributed by atoms with Crippen molar-refractivity contribution in [2.45, 2.75) is 13.0 Å². The average molecular weight is 414 g/mol. The number of hydrogen-bond acceptors (Lipinski definition) is 3. The minimum atomic E-state index is -2.88. The Balaban J connectivity index is 2.44. The predicted molar refractivity (Wildman–Crippen MR) is 102 cm³/mol. The minimum absolute atomic E-state index is 0.0533. The number of nitrogens with one attached hydrogen (secondary N) is 1. The number of halogens is 4. The van der Waals surface area contributed by atoms with E-state index in [-0.39, 0.29) is 33.1 Å². The van der Waals surface area contributed by atoms with Gasteiger partial charge in [0.15, 0.2) is 4.77 Å². The fourth-order valence-corrected chi connectivity index (χ4v) is 3.13. The van der Waals surface area contributed by atoms with Gasteiger partial charge in [0.05, 0.1) is 21.1 Å². The maximum atomic E-state index is 13.7. The summed E-state index contributed by atoms with van der Waals surface area (Å²) < 4.78 is 28.8. The summed E-state index contributed by atoms with van der Waals surface area (Å²) in [6, 6.07) is 5.84. The third kappa shape index (κ3) is 3.30. The highest BCUT2D eigenvalue weighted by molar-refractivity contribution is 7.71. The van der Waals surface area contributed by atoms with Crippen LogP contribution in [0.3, 0.4) is 0 Å². The van der Waals surface area contributed by atoms with Gasteiger partial charge in [-0.2, -0.15) is 0 Å². The molecule has 4 nitrogen and oxygen atoms in total. The molecule has 26 heavy (non-hydrogen) atoms. The average Bonchev–Trinajstić information content (AvgIpc) is 2.59. The topological polar surface area (TPSA) is 50.7 Å². The van der Waals surface area contributed by atoms with Gasteiger partial charge in [0.2, 0.25) is 0 Å². The van der Waals surface area contributed by atoms with Crippen LogP contribution in [0.2, 0.25) is 10.0 Å². The van der Waals surface area contributed by atoms with Crippen molar-refractivity contribution in [3.8, 4) is 11.3 Å². The van der Waals surface area contributed by atoms with E-state index in [4.69, 9.17) is 35.4 Å². The number of allylic oxidation sites excluding steroid dienone is 1. The highest BCUT2D eigenvalue weighted by Crippen LogP contribution is 2.32. The first-order valence-corrected chi connectivity index (χ1v) is 8.52. The van der Waals surface area contributed by atoms with Crippen molar-refractivity contribution in [3.05, 3.63) is 67.7 Å². The Kier molecular flexibility index (Phi) is 5.22. The summed E-state index contributed by atoms with van der Waals surface area (Å²) in [5, 5.41) is 0.383. The van der Waals surface area contributed by atoms with Gasteiger partial charge >= 0.3 is 0 Å². The lowest BCUT2D eigenvalue weighted by Crippen LogP contribution is -2.17. The molecule has 0 saturated heterocycles. The van der Waals surface area contributed by atoms with Crippen LogP contribution in [0.1, 0.15) is 12.0 Å². The van der Waals surface area contributed by atoms with Crippen molar-refractivity contribution in [2.24, 2.45) is 0 Å². The number of aromatic nitrogens is 3. The molecule has 0 amide bonds. The Hall–Kier alpha value is -2.09. The zero-order valence-corrected chi connectivity index (χ0v) is 15.4. The molecule has 2 aromatic heterocycles. The fourth-order valence-electron chi connectivity index (χ4n) is 2.58. The van der Waals surface area contributed by atoms with Crippen LogP contribution in [-0.2, 0) is 6.54 Å².